The van der Waals surface area contributed by atoms with Crippen molar-refractivity contribution in [2.24, 2.45) is 0 Å². The Kier molecular flexibility index (Phi) is 4.89. The van der Waals surface area contributed by atoms with Crippen molar-refractivity contribution in [2.75, 3.05) is 7.05 Å². The van der Waals surface area contributed by atoms with Crippen LogP contribution in [0.3, 0.4) is 0 Å². The molecule has 23 heavy (non-hydrogen) atoms. The second-order valence-electron chi connectivity index (χ2n) is 5.02. The van der Waals surface area contributed by atoms with E-state index >= 15 is 0 Å². The zero-order valence-corrected chi connectivity index (χ0v) is 15.8. The normalized spacial score (nSPS) is 10.7. The molecular formula is C16H14BrN3OS2. The minimum absolute atomic E-state index is 0.00768. The standard InChI is InChI=1S/C16H14BrN3OS2/c1-10-14(23-15(19-10)12-5-3-4-8-18-12)16(21)20(2)9-11-6-7-13(17)22-11/h3-8H,9H2,1-2H3. The third kappa shape index (κ3) is 3.68. The van der Waals surface area contributed by atoms with Crippen LogP contribution in [0.4, 0.5) is 0 Å². The highest BCUT2D eigenvalue weighted by Crippen LogP contribution is 2.28. The van der Waals surface area contributed by atoms with E-state index in [-0.39, 0.29) is 5.91 Å². The van der Waals surface area contributed by atoms with E-state index in [1.54, 1.807) is 22.4 Å². The molecule has 1 amide bonds. The Morgan fingerprint density at radius 3 is 2.74 bits per heavy atom. The molecule has 0 radical (unpaired) electrons. The van der Waals surface area contributed by atoms with E-state index in [2.05, 4.69) is 25.9 Å². The number of thiazole rings is 1. The number of carbonyl (C=O) groups excluding carboxylic acids is 1. The number of halogens is 1. The molecule has 0 spiro atoms. The molecule has 0 unspecified atom stereocenters. The van der Waals surface area contributed by atoms with Gasteiger partial charge >= 0.3 is 0 Å². The van der Waals surface area contributed by atoms with Gasteiger partial charge in [0.05, 0.1) is 21.7 Å². The van der Waals surface area contributed by atoms with Gasteiger partial charge in [-0.2, -0.15) is 0 Å². The van der Waals surface area contributed by atoms with Gasteiger partial charge in [0.15, 0.2) is 0 Å². The predicted octanol–water partition coefficient (Wildman–Crippen LogP) is 4.61. The van der Waals surface area contributed by atoms with Crippen LogP contribution in [0, 0.1) is 6.92 Å². The molecule has 0 aliphatic rings. The lowest BCUT2D eigenvalue weighted by Crippen LogP contribution is -2.25. The predicted molar refractivity (Wildman–Crippen MR) is 97.9 cm³/mol. The van der Waals surface area contributed by atoms with Crippen molar-refractivity contribution < 1.29 is 4.79 Å². The van der Waals surface area contributed by atoms with E-state index in [0.29, 0.717) is 11.4 Å². The van der Waals surface area contributed by atoms with Crippen LogP contribution >= 0.6 is 38.6 Å². The number of aryl methyl sites for hydroxylation is 1. The highest BCUT2D eigenvalue weighted by molar-refractivity contribution is 9.11. The van der Waals surface area contributed by atoms with Crippen molar-refractivity contribution in [1.82, 2.24) is 14.9 Å². The fourth-order valence-corrected chi connectivity index (χ4v) is 4.68. The third-order valence-electron chi connectivity index (χ3n) is 3.24. The number of hydrogen-bond donors (Lipinski definition) is 0. The van der Waals surface area contributed by atoms with Crippen molar-refractivity contribution in [2.45, 2.75) is 13.5 Å². The first kappa shape index (κ1) is 16.3. The van der Waals surface area contributed by atoms with Crippen LogP contribution in [0.25, 0.3) is 10.7 Å². The van der Waals surface area contributed by atoms with Gasteiger partial charge in [-0.25, -0.2) is 4.98 Å². The first-order valence-electron chi connectivity index (χ1n) is 6.93. The van der Waals surface area contributed by atoms with Crippen molar-refractivity contribution in [3.8, 4) is 10.7 Å². The summed E-state index contributed by atoms with van der Waals surface area (Å²) in [5.74, 6) is -0.00768. The first-order chi connectivity index (χ1) is 11.0. The maximum atomic E-state index is 12.7. The summed E-state index contributed by atoms with van der Waals surface area (Å²) < 4.78 is 1.07. The lowest BCUT2D eigenvalue weighted by atomic mass is 10.3. The van der Waals surface area contributed by atoms with E-state index in [1.165, 1.54) is 11.3 Å². The summed E-state index contributed by atoms with van der Waals surface area (Å²) in [7, 11) is 1.82. The van der Waals surface area contributed by atoms with E-state index < -0.39 is 0 Å². The largest absolute Gasteiger partial charge is 0.336 e. The molecule has 3 rings (SSSR count). The minimum atomic E-state index is -0.00768. The second-order valence-corrected chi connectivity index (χ2v) is 8.56. The minimum Gasteiger partial charge on any atom is -0.336 e. The van der Waals surface area contributed by atoms with Crippen LogP contribution in [0.15, 0.2) is 40.3 Å². The Bertz CT molecular complexity index is 829. The lowest BCUT2D eigenvalue weighted by molar-refractivity contribution is 0.0790. The van der Waals surface area contributed by atoms with Crippen LogP contribution in [0.1, 0.15) is 20.2 Å². The molecule has 3 aromatic rings. The van der Waals surface area contributed by atoms with Gasteiger partial charge in [0.2, 0.25) is 0 Å². The maximum Gasteiger partial charge on any atom is 0.265 e. The fourth-order valence-electron chi connectivity index (χ4n) is 2.11. The number of nitrogens with zero attached hydrogens (tertiary/aromatic N) is 3. The van der Waals surface area contributed by atoms with Gasteiger partial charge in [0.25, 0.3) is 5.91 Å². The SMILES string of the molecule is Cc1nc(-c2ccccn2)sc1C(=O)N(C)Cc1ccc(Br)s1. The van der Waals surface area contributed by atoms with Gasteiger partial charge in [0.1, 0.15) is 9.88 Å². The molecule has 0 aliphatic carbocycles. The highest BCUT2D eigenvalue weighted by Gasteiger charge is 2.20. The average molecular weight is 408 g/mol. The molecule has 4 nitrogen and oxygen atoms in total. The molecule has 0 aromatic carbocycles. The van der Waals surface area contributed by atoms with Crippen LogP contribution in [-0.4, -0.2) is 27.8 Å². The van der Waals surface area contributed by atoms with E-state index in [4.69, 9.17) is 0 Å². The van der Waals surface area contributed by atoms with Gasteiger partial charge in [0, 0.05) is 18.1 Å². The fraction of sp³-hybridized carbons (Fsp3) is 0.188. The Morgan fingerprint density at radius 1 is 1.26 bits per heavy atom. The smallest absolute Gasteiger partial charge is 0.265 e. The maximum absolute atomic E-state index is 12.7. The van der Waals surface area contributed by atoms with E-state index in [9.17, 15) is 4.79 Å². The van der Waals surface area contributed by atoms with Gasteiger partial charge in [-0.3, -0.25) is 9.78 Å². The molecule has 0 saturated carbocycles. The zero-order chi connectivity index (χ0) is 16.4. The molecule has 118 valence electrons. The van der Waals surface area contributed by atoms with Crippen LogP contribution in [-0.2, 0) is 6.54 Å². The molecule has 0 aliphatic heterocycles. The third-order valence-corrected chi connectivity index (χ3v) is 6.02. The lowest BCUT2D eigenvalue weighted by Gasteiger charge is -2.15. The number of pyridine rings is 1. The molecular weight excluding hydrogens is 394 g/mol. The molecule has 0 bridgehead atoms. The summed E-state index contributed by atoms with van der Waals surface area (Å²) in [5, 5.41) is 0.777. The molecule has 3 heterocycles. The average Bonchev–Trinajstić information content (AvgIpc) is 3.13. The van der Waals surface area contributed by atoms with Crippen LogP contribution in [0.2, 0.25) is 0 Å². The quantitative estimate of drug-likeness (QED) is 0.634. The van der Waals surface area contributed by atoms with Crippen LogP contribution in [0.5, 0.6) is 0 Å². The monoisotopic (exact) mass is 407 g/mol. The number of hydrogen-bond acceptors (Lipinski definition) is 5. The van der Waals surface area contributed by atoms with Crippen LogP contribution < -0.4 is 0 Å². The van der Waals surface area contributed by atoms with Crippen molar-refractivity contribution >= 4 is 44.5 Å². The van der Waals surface area contributed by atoms with Crippen molar-refractivity contribution in [3.05, 3.63) is 55.8 Å². The highest BCUT2D eigenvalue weighted by atomic mass is 79.9. The number of thiophene rings is 1. The Labute approximate surface area is 151 Å². The number of carbonyl (C=O) groups is 1. The molecule has 0 saturated heterocycles. The van der Waals surface area contributed by atoms with Gasteiger partial charge in [-0.15, -0.1) is 22.7 Å². The first-order valence-corrected chi connectivity index (χ1v) is 9.35. The summed E-state index contributed by atoms with van der Waals surface area (Å²) >= 11 is 6.47. The molecule has 3 aromatic heterocycles. The summed E-state index contributed by atoms with van der Waals surface area (Å²) in [6, 6.07) is 9.70. The topological polar surface area (TPSA) is 46.1 Å². The van der Waals surface area contributed by atoms with E-state index in [1.807, 2.05) is 44.3 Å². The Balaban J connectivity index is 1.81. The molecule has 7 heteroatoms. The second kappa shape index (κ2) is 6.90. The number of rotatable bonds is 4. The van der Waals surface area contributed by atoms with Gasteiger partial charge in [-0.1, -0.05) is 6.07 Å². The Hall–Kier alpha value is -1.57. The van der Waals surface area contributed by atoms with Gasteiger partial charge in [-0.05, 0) is 47.1 Å². The molecule has 0 N–H and O–H groups in total. The molecule has 0 fully saturated rings. The van der Waals surface area contributed by atoms with E-state index in [0.717, 1.165) is 25.1 Å². The summed E-state index contributed by atoms with van der Waals surface area (Å²) in [4.78, 5) is 25.0. The zero-order valence-electron chi connectivity index (χ0n) is 12.6. The summed E-state index contributed by atoms with van der Waals surface area (Å²) in [6.07, 6.45) is 1.73. The number of amides is 1. The van der Waals surface area contributed by atoms with Crippen molar-refractivity contribution in [1.29, 1.82) is 0 Å². The summed E-state index contributed by atoms with van der Waals surface area (Å²) in [5.41, 5.74) is 1.55. The van der Waals surface area contributed by atoms with Crippen molar-refractivity contribution in [3.63, 3.8) is 0 Å². The Morgan fingerprint density at radius 2 is 2.09 bits per heavy atom. The van der Waals surface area contributed by atoms with Gasteiger partial charge < -0.3 is 4.90 Å². The number of aromatic nitrogens is 2. The summed E-state index contributed by atoms with van der Waals surface area (Å²) in [6.45, 7) is 2.46. The molecule has 0 atom stereocenters.